The first-order valence-corrected chi connectivity index (χ1v) is 7.74. The van der Waals surface area contributed by atoms with Crippen LogP contribution < -0.4 is 10.9 Å². The highest BCUT2D eigenvalue weighted by molar-refractivity contribution is 5.92. The molecule has 2 aliphatic rings. The highest BCUT2D eigenvalue weighted by Gasteiger charge is 2.34. The molecule has 2 N–H and O–H groups in total. The van der Waals surface area contributed by atoms with Gasteiger partial charge in [-0.2, -0.15) is 5.10 Å². The molecule has 0 radical (unpaired) electrons. The maximum Gasteiger partial charge on any atom is 0.274 e. The van der Waals surface area contributed by atoms with Crippen LogP contribution >= 0.6 is 0 Å². The van der Waals surface area contributed by atoms with E-state index in [0.29, 0.717) is 11.1 Å². The van der Waals surface area contributed by atoms with E-state index in [0.717, 1.165) is 39.0 Å². The molecule has 0 unspecified atom stereocenters. The van der Waals surface area contributed by atoms with Crippen LogP contribution in [0.2, 0.25) is 0 Å². The molecule has 0 bridgehead atoms. The normalized spacial score (nSPS) is 22.0. The summed E-state index contributed by atoms with van der Waals surface area (Å²) in [6.07, 6.45) is 5.76. The van der Waals surface area contributed by atoms with Crippen molar-refractivity contribution in [1.82, 2.24) is 20.4 Å². The van der Waals surface area contributed by atoms with Crippen LogP contribution in [0.1, 0.15) is 42.6 Å². The Kier molecular flexibility index (Phi) is 4.05. The van der Waals surface area contributed by atoms with E-state index in [9.17, 15) is 9.59 Å². The Balaban J connectivity index is 1.68. The Labute approximate surface area is 123 Å². The number of nitrogens with zero attached hydrogens (tertiary/aromatic N) is 2. The van der Waals surface area contributed by atoms with Crippen molar-refractivity contribution in [2.75, 3.05) is 26.2 Å². The lowest BCUT2D eigenvalue weighted by Crippen LogP contribution is -2.38. The lowest BCUT2D eigenvalue weighted by molar-refractivity contribution is 0.0743. The number of nitrogens with one attached hydrogen (secondary N) is 2. The predicted molar refractivity (Wildman–Crippen MR) is 79.1 cm³/mol. The van der Waals surface area contributed by atoms with E-state index >= 15 is 0 Å². The summed E-state index contributed by atoms with van der Waals surface area (Å²) in [6, 6.07) is 2.86. The van der Waals surface area contributed by atoms with Crippen molar-refractivity contribution in [2.24, 2.45) is 5.41 Å². The van der Waals surface area contributed by atoms with E-state index in [1.165, 1.54) is 31.4 Å². The number of hydrogen-bond donors (Lipinski definition) is 2. The Hall–Kier alpha value is -1.69. The van der Waals surface area contributed by atoms with Crippen LogP contribution in [0.15, 0.2) is 16.9 Å². The van der Waals surface area contributed by atoms with E-state index < -0.39 is 0 Å². The number of aromatic amines is 1. The Morgan fingerprint density at radius 2 is 1.95 bits per heavy atom. The summed E-state index contributed by atoms with van der Waals surface area (Å²) in [5.41, 5.74) is 0.463. The van der Waals surface area contributed by atoms with Gasteiger partial charge in [0, 0.05) is 19.2 Å². The number of piperidine rings is 1. The van der Waals surface area contributed by atoms with Crippen molar-refractivity contribution in [1.29, 1.82) is 0 Å². The van der Waals surface area contributed by atoms with Gasteiger partial charge in [-0.1, -0.05) is 0 Å². The van der Waals surface area contributed by atoms with Crippen molar-refractivity contribution in [3.8, 4) is 0 Å². The van der Waals surface area contributed by atoms with Crippen molar-refractivity contribution < 1.29 is 4.79 Å². The zero-order valence-corrected chi connectivity index (χ0v) is 12.2. The van der Waals surface area contributed by atoms with Gasteiger partial charge in [-0.25, -0.2) is 5.10 Å². The maximum absolute atomic E-state index is 12.5. The van der Waals surface area contributed by atoms with Crippen LogP contribution in [0.5, 0.6) is 0 Å². The van der Waals surface area contributed by atoms with E-state index in [4.69, 9.17) is 0 Å². The number of amides is 1. The van der Waals surface area contributed by atoms with Gasteiger partial charge in [0.1, 0.15) is 5.69 Å². The molecule has 2 aliphatic heterocycles. The third kappa shape index (κ3) is 3.15. The number of aromatic nitrogens is 2. The van der Waals surface area contributed by atoms with Gasteiger partial charge in [0.25, 0.3) is 11.5 Å². The molecule has 0 atom stereocenters. The highest BCUT2D eigenvalue weighted by Crippen LogP contribution is 2.39. The lowest BCUT2D eigenvalue weighted by Gasteiger charge is -2.37. The molecular formula is C15H22N4O2. The zero-order chi connectivity index (χ0) is 14.7. The number of carbonyl (C=O) groups excluding carboxylic acids is 1. The smallest absolute Gasteiger partial charge is 0.274 e. The average molecular weight is 290 g/mol. The molecule has 2 saturated heterocycles. The van der Waals surface area contributed by atoms with Crippen LogP contribution in [0.4, 0.5) is 0 Å². The first kappa shape index (κ1) is 14.3. The fraction of sp³-hybridized carbons (Fsp3) is 0.667. The van der Waals surface area contributed by atoms with Gasteiger partial charge in [-0.05, 0) is 56.7 Å². The molecule has 1 amide bonds. The van der Waals surface area contributed by atoms with Gasteiger partial charge >= 0.3 is 0 Å². The van der Waals surface area contributed by atoms with Crippen molar-refractivity contribution in [3.63, 3.8) is 0 Å². The predicted octanol–water partition coefficient (Wildman–Crippen LogP) is 0.766. The molecule has 114 valence electrons. The molecule has 3 heterocycles. The molecule has 1 spiro atoms. The van der Waals surface area contributed by atoms with Crippen LogP contribution in [-0.2, 0) is 0 Å². The van der Waals surface area contributed by atoms with Gasteiger partial charge in [-0.15, -0.1) is 0 Å². The molecule has 2 fully saturated rings. The minimum atomic E-state index is -0.281. The van der Waals surface area contributed by atoms with Gasteiger partial charge < -0.3 is 10.2 Å². The monoisotopic (exact) mass is 290 g/mol. The lowest BCUT2D eigenvalue weighted by atomic mass is 9.73. The largest absolute Gasteiger partial charge is 0.337 e. The topological polar surface area (TPSA) is 78.1 Å². The second-order valence-electron chi connectivity index (χ2n) is 6.20. The Morgan fingerprint density at radius 1 is 1.14 bits per heavy atom. The minimum Gasteiger partial charge on any atom is -0.337 e. The van der Waals surface area contributed by atoms with Crippen LogP contribution in [-0.4, -0.2) is 47.2 Å². The van der Waals surface area contributed by atoms with Crippen molar-refractivity contribution in [2.45, 2.75) is 32.1 Å². The maximum atomic E-state index is 12.5. The number of rotatable bonds is 1. The fourth-order valence-electron chi connectivity index (χ4n) is 3.54. The Bertz CT molecular complexity index is 543. The second-order valence-corrected chi connectivity index (χ2v) is 6.20. The molecule has 1 aromatic rings. The average Bonchev–Trinajstić information content (AvgIpc) is 2.71. The third-order valence-corrected chi connectivity index (χ3v) is 4.90. The highest BCUT2D eigenvalue weighted by atomic mass is 16.2. The van der Waals surface area contributed by atoms with E-state index in [-0.39, 0.29) is 11.5 Å². The summed E-state index contributed by atoms with van der Waals surface area (Å²) in [7, 11) is 0. The summed E-state index contributed by atoms with van der Waals surface area (Å²) in [4.78, 5) is 25.4. The standard InChI is InChI=1S/C15H22N4O2/c20-13-3-2-12(17-18-13)14(21)19-10-1-4-15(7-11-19)5-8-16-9-6-15/h2-3,16H,1,4-11H2,(H,18,20). The van der Waals surface area contributed by atoms with E-state index in [1.807, 2.05) is 4.90 Å². The van der Waals surface area contributed by atoms with Crippen molar-refractivity contribution in [3.05, 3.63) is 28.2 Å². The Morgan fingerprint density at radius 3 is 2.67 bits per heavy atom. The van der Waals surface area contributed by atoms with Crippen molar-refractivity contribution >= 4 is 5.91 Å². The summed E-state index contributed by atoms with van der Waals surface area (Å²) in [6.45, 7) is 3.76. The second kappa shape index (κ2) is 5.97. The fourth-order valence-corrected chi connectivity index (χ4v) is 3.54. The van der Waals surface area contributed by atoms with Crippen LogP contribution in [0.25, 0.3) is 0 Å². The quantitative estimate of drug-likeness (QED) is 0.800. The summed E-state index contributed by atoms with van der Waals surface area (Å²) < 4.78 is 0. The molecule has 6 nitrogen and oxygen atoms in total. The molecule has 1 aromatic heterocycles. The van der Waals surface area contributed by atoms with E-state index in [2.05, 4.69) is 15.5 Å². The molecular weight excluding hydrogens is 268 g/mol. The summed E-state index contributed by atoms with van der Waals surface area (Å²) in [5.74, 6) is -0.0720. The van der Waals surface area contributed by atoms with Crippen LogP contribution in [0, 0.1) is 5.41 Å². The number of carbonyl (C=O) groups is 1. The molecule has 21 heavy (non-hydrogen) atoms. The number of hydrogen-bond acceptors (Lipinski definition) is 4. The SMILES string of the molecule is O=C(c1ccc(=O)[nH]n1)N1CCCC2(CCNCC2)CC1. The van der Waals surface area contributed by atoms with E-state index in [1.54, 1.807) is 0 Å². The molecule has 3 rings (SSSR count). The van der Waals surface area contributed by atoms with Crippen LogP contribution in [0.3, 0.4) is 0 Å². The first-order valence-electron chi connectivity index (χ1n) is 7.74. The van der Waals surface area contributed by atoms with Gasteiger partial charge in [0.05, 0.1) is 0 Å². The minimum absolute atomic E-state index is 0.0720. The zero-order valence-electron chi connectivity index (χ0n) is 12.2. The molecule has 6 heteroatoms. The third-order valence-electron chi connectivity index (χ3n) is 4.90. The molecule has 0 aromatic carbocycles. The molecule has 0 saturated carbocycles. The molecule has 0 aliphatic carbocycles. The first-order chi connectivity index (χ1) is 10.2. The number of likely N-dealkylation sites (tertiary alicyclic amines) is 1. The summed E-state index contributed by atoms with van der Waals surface area (Å²) in [5, 5.41) is 9.60. The summed E-state index contributed by atoms with van der Waals surface area (Å²) >= 11 is 0. The van der Waals surface area contributed by atoms with Gasteiger partial charge in [0.2, 0.25) is 0 Å². The van der Waals surface area contributed by atoms with Gasteiger partial charge in [0.15, 0.2) is 0 Å². The van der Waals surface area contributed by atoms with Gasteiger partial charge in [-0.3, -0.25) is 9.59 Å². The number of H-pyrrole nitrogens is 1.